The van der Waals surface area contributed by atoms with Crippen LogP contribution in [-0.2, 0) is 7.05 Å². The van der Waals surface area contributed by atoms with Crippen molar-refractivity contribution < 1.29 is 9.53 Å². The van der Waals surface area contributed by atoms with Crippen LogP contribution in [0.4, 0.5) is 5.82 Å². The molecule has 0 saturated heterocycles. The average molecular weight is 421 g/mol. The van der Waals surface area contributed by atoms with Gasteiger partial charge in [-0.05, 0) is 19.9 Å². The largest absolute Gasteiger partial charge is 0.467 e. The first kappa shape index (κ1) is 19.7. The Hall–Kier alpha value is -3.58. The van der Waals surface area contributed by atoms with Crippen molar-refractivity contribution in [2.45, 2.75) is 25.0 Å². The van der Waals surface area contributed by atoms with Crippen molar-refractivity contribution in [3.8, 4) is 23.2 Å². The molecule has 0 unspecified atom stereocenters. The summed E-state index contributed by atoms with van der Waals surface area (Å²) in [5.74, 6) is 0.0540. The molecular formula is C20H19N7O2S. The van der Waals surface area contributed by atoms with Crippen LogP contribution >= 0.6 is 11.9 Å². The summed E-state index contributed by atoms with van der Waals surface area (Å²) < 4.78 is 8.97. The number of aromatic nitrogens is 4. The number of ether oxygens (including phenoxy) is 1. The summed E-state index contributed by atoms with van der Waals surface area (Å²) in [7, 11) is 3.33. The molecule has 1 aromatic carbocycles. The highest BCUT2D eigenvalue weighted by Gasteiger charge is 2.28. The minimum atomic E-state index is -0.502. The molecule has 1 aliphatic heterocycles. The molecule has 2 aromatic heterocycles. The van der Waals surface area contributed by atoms with Gasteiger partial charge in [-0.1, -0.05) is 17.7 Å². The molecule has 4 rings (SSSR count). The van der Waals surface area contributed by atoms with Crippen molar-refractivity contribution in [1.82, 2.24) is 24.1 Å². The molecular weight excluding hydrogens is 402 g/mol. The number of nitrogens with zero attached hydrogens (tertiary/aromatic N) is 6. The van der Waals surface area contributed by atoms with E-state index in [0.29, 0.717) is 27.5 Å². The number of fused-ring (bicyclic) bond motifs is 5. The molecule has 0 saturated carbocycles. The Bertz CT molecular complexity index is 1210. The molecule has 1 aliphatic rings. The zero-order valence-corrected chi connectivity index (χ0v) is 17.7. The van der Waals surface area contributed by atoms with Crippen molar-refractivity contribution in [2.75, 3.05) is 12.8 Å². The van der Waals surface area contributed by atoms with E-state index in [1.54, 1.807) is 20.2 Å². The fourth-order valence-electron chi connectivity index (χ4n) is 3.30. The van der Waals surface area contributed by atoms with Gasteiger partial charge in [-0.2, -0.15) is 10.4 Å². The molecule has 30 heavy (non-hydrogen) atoms. The predicted octanol–water partition coefficient (Wildman–Crippen LogP) is 2.87. The lowest BCUT2D eigenvalue weighted by Gasteiger charge is -2.22. The van der Waals surface area contributed by atoms with Crippen molar-refractivity contribution in [3.63, 3.8) is 0 Å². The lowest BCUT2D eigenvalue weighted by atomic mass is 10.00. The lowest BCUT2D eigenvalue weighted by Crippen LogP contribution is -2.23. The van der Waals surface area contributed by atoms with E-state index in [1.165, 1.54) is 15.2 Å². The zero-order valence-electron chi connectivity index (χ0n) is 16.9. The van der Waals surface area contributed by atoms with Gasteiger partial charge in [0.05, 0.1) is 17.5 Å². The number of nitrogen functional groups attached to an aromatic ring is 1. The maximum absolute atomic E-state index is 13.2. The zero-order chi connectivity index (χ0) is 21.6. The van der Waals surface area contributed by atoms with Gasteiger partial charge >= 0.3 is 0 Å². The van der Waals surface area contributed by atoms with Gasteiger partial charge in [0.15, 0.2) is 5.82 Å². The maximum Gasteiger partial charge on any atom is 0.264 e. The summed E-state index contributed by atoms with van der Waals surface area (Å²) >= 11 is 1.13. The molecule has 0 aliphatic carbocycles. The predicted molar refractivity (Wildman–Crippen MR) is 112 cm³/mol. The van der Waals surface area contributed by atoms with Gasteiger partial charge in [0, 0.05) is 37.2 Å². The van der Waals surface area contributed by atoms with Crippen molar-refractivity contribution >= 4 is 23.7 Å². The molecule has 3 heterocycles. The van der Waals surface area contributed by atoms with Crippen LogP contribution in [0.5, 0.6) is 5.88 Å². The van der Waals surface area contributed by atoms with Crippen LogP contribution in [0.1, 0.15) is 40.2 Å². The van der Waals surface area contributed by atoms with E-state index in [-0.39, 0.29) is 17.6 Å². The number of nitrogens with two attached hydrogens (primary N) is 1. The van der Waals surface area contributed by atoms with E-state index in [9.17, 15) is 10.1 Å². The Morgan fingerprint density at radius 3 is 2.83 bits per heavy atom. The van der Waals surface area contributed by atoms with Crippen LogP contribution in [0.2, 0.25) is 0 Å². The summed E-state index contributed by atoms with van der Waals surface area (Å²) in [6, 6.07) is 7.71. The van der Waals surface area contributed by atoms with Gasteiger partial charge in [0.1, 0.15) is 22.9 Å². The third kappa shape index (κ3) is 3.23. The topological polar surface area (TPSA) is 123 Å². The van der Waals surface area contributed by atoms with Crippen molar-refractivity contribution in [3.05, 3.63) is 46.8 Å². The SMILES string of the molecule is Cc1ccc2c(c1)[C@@H](C)Oc1nc(cnc1N)-c1c(nn(C)c1C#N)SN(C)C2=O. The monoisotopic (exact) mass is 421 g/mol. The summed E-state index contributed by atoms with van der Waals surface area (Å²) in [5, 5.41) is 14.5. The van der Waals surface area contributed by atoms with Gasteiger partial charge in [0.25, 0.3) is 11.8 Å². The Morgan fingerprint density at radius 2 is 2.10 bits per heavy atom. The average Bonchev–Trinajstić information content (AvgIpc) is 3.03. The van der Waals surface area contributed by atoms with Gasteiger partial charge in [-0.3, -0.25) is 13.8 Å². The number of hydrogen-bond acceptors (Lipinski definition) is 8. The minimum absolute atomic E-state index is 0.122. The summed E-state index contributed by atoms with van der Waals surface area (Å²) in [6.07, 6.45) is 0.970. The Morgan fingerprint density at radius 1 is 1.33 bits per heavy atom. The second-order valence-corrected chi connectivity index (χ2v) is 8.07. The van der Waals surface area contributed by atoms with Crippen molar-refractivity contribution in [2.24, 2.45) is 7.05 Å². The second-order valence-electron chi connectivity index (χ2n) is 6.95. The fourth-order valence-corrected chi connectivity index (χ4v) is 4.19. The van der Waals surface area contributed by atoms with Gasteiger partial charge in [-0.15, -0.1) is 0 Å². The van der Waals surface area contributed by atoms with Gasteiger partial charge in [0.2, 0.25) is 0 Å². The number of carbonyl (C=O) groups is 1. The number of aryl methyl sites for hydroxylation is 2. The summed E-state index contributed by atoms with van der Waals surface area (Å²) in [5.41, 5.74) is 9.39. The van der Waals surface area contributed by atoms with Crippen LogP contribution in [0.25, 0.3) is 11.3 Å². The Balaban J connectivity index is 1.98. The third-order valence-electron chi connectivity index (χ3n) is 4.82. The molecule has 152 valence electrons. The Kier molecular flexibility index (Phi) is 4.83. The number of benzene rings is 1. The van der Waals surface area contributed by atoms with Crippen LogP contribution in [-0.4, -0.2) is 37.0 Å². The summed E-state index contributed by atoms with van der Waals surface area (Å²) in [6.45, 7) is 3.78. The quantitative estimate of drug-likeness (QED) is 0.550. The number of rotatable bonds is 0. The Labute approximate surface area is 177 Å². The summed E-state index contributed by atoms with van der Waals surface area (Å²) in [4.78, 5) is 22.0. The molecule has 2 N–H and O–H groups in total. The highest BCUT2D eigenvalue weighted by molar-refractivity contribution is 7.97. The van der Waals surface area contributed by atoms with E-state index < -0.39 is 6.10 Å². The van der Waals surface area contributed by atoms with Crippen LogP contribution < -0.4 is 10.5 Å². The van der Waals surface area contributed by atoms with E-state index in [4.69, 9.17) is 10.5 Å². The lowest BCUT2D eigenvalue weighted by molar-refractivity contribution is 0.0886. The highest BCUT2D eigenvalue weighted by atomic mass is 32.2. The van der Waals surface area contributed by atoms with E-state index in [1.807, 2.05) is 26.0 Å². The molecule has 0 fully saturated rings. The van der Waals surface area contributed by atoms with E-state index in [2.05, 4.69) is 21.1 Å². The second kappa shape index (κ2) is 7.35. The number of amides is 1. The van der Waals surface area contributed by atoms with E-state index >= 15 is 0 Å². The van der Waals surface area contributed by atoms with Gasteiger partial charge < -0.3 is 10.5 Å². The maximum atomic E-state index is 13.2. The number of anilines is 1. The minimum Gasteiger partial charge on any atom is -0.467 e. The van der Waals surface area contributed by atoms with Crippen LogP contribution in [0, 0.1) is 18.3 Å². The highest BCUT2D eigenvalue weighted by Crippen LogP contribution is 2.37. The number of nitriles is 1. The molecule has 1 amide bonds. The molecule has 0 spiro atoms. The number of hydrogen-bond donors (Lipinski definition) is 1. The smallest absolute Gasteiger partial charge is 0.264 e. The van der Waals surface area contributed by atoms with Crippen molar-refractivity contribution in [1.29, 1.82) is 5.26 Å². The third-order valence-corrected chi connectivity index (χ3v) is 5.72. The molecule has 9 nitrogen and oxygen atoms in total. The standard InChI is InChI=1S/C20H19N7O2S/c1-10-5-6-12-13(7-10)11(2)29-18-17(22)23-9-14(24-18)16-15(8-21)26(3)25-19(16)30-27(4)20(12)28/h5-7,9,11H,1-4H3,(H2,22,23)/t11-/m1/s1. The first-order valence-corrected chi connectivity index (χ1v) is 9.90. The van der Waals surface area contributed by atoms with Crippen LogP contribution in [0.15, 0.2) is 29.4 Å². The molecule has 1 atom stereocenters. The normalized spacial score (nSPS) is 15.9. The molecule has 0 radical (unpaired) electrons. The molecule has 3 aromatic rings. The molecule has 2 bridgehead atoms. The van der Waals surface area contributed by atoms with E-state index in [0.717, 1.165) is 23.1 Å². The molecule has 10 heteroatoms. The number of carbonyl (C=O) groups excluding carboxylic acids is 1. The fraction of sp³-hybridized carbons (Fsp3) is 0.250. The van der Waals surface area contributed by atoms with Gasteiger partial charge in [-0.25, -0.2) is 9.97 Å². The first-order valence-electron chi connectivity index (χ1n) is 9.13. The van der Waals surface area contributed by atoms with Crippen LogP contribution in [0.3, 0.4) is 0 Å². The first-order chi connectivity index (χ1) is 14.3.